The van der Waals surface area contributed by atoms with Gasteiger partial charge in [-0.1, -0.05) is 42.8 Å². The molecule has 0 radical (unpaired) electrons. The number of thioether (sulfide) groups is 1. The van der Waals surface area contributed by atoms with Gasteiger partial charge in [-0.05, 0) is 31.0 Å². The maximum absolute atomic E-state index is 11.9. The number of carbonyl (C=O) groups excluding carboxylic acids is 2. The first kappa shape index (κ1) is 19.3. The van der Waals surface area contributed by atoms with Gasteiger partial charge in [0.25, 0.3) is 0 Å². The summed E-state index contributed by atoms with van der Waals surface area (Å²) in [5.41, 5.74) is 1.84. The number of benzene rings is 1. The summed E-state index contributed by atoms with van der Waals surface area (Å²) in [5.74, 6) is -0.269. The smallest absolute Gasteiger partial charge is 0.321 e. The van der Waals surface area contributed by atoms with E-state index in [1.165, 1.54) is 11.8 Å². The van der Waals surface area contributed by atoms with Crippen molar-refractivity contribution in [2.75, 3.05) is 12.3 Å². The third-order valence-corrected chi connectivity index (χ3v) is 4.88. The van der Waals surface area contributed by atoms with Gasteiger partial charge in [0.1, 0.15) is 0 Å². The summed E-state index contributed by atoms with van der Waals surface area (Å²) >= 11 is 7.43. The first-order valence-corrected chi connectivity index (χ1v) is 9.38. The monoisotopic (exact) mass is 380 g/mol. The number of urea groups is 1. The highest BCUT2D eigenvalue weighted by Gasteiger charge is 2.13. The second-order valence-electron chi connectivity index (χ2n) is 5.41. The van der Waals surface area contributed by atoms with E-state index in [1.807, 2.05) is 42.8 Å². The van der Waals surface area contributed by atoms with E-state index in [1.54, 1.807) is 6.20 Å². The summed E-state index contributed by atoms with van der Waals surface area (Å²) in [6.07, 6.45) is 5.34. The third kappa shape index (κ3) is 5.51. The molecule has 0 spiro atoms. The number of nitrogens with one attached hydrogen (secondary N) is 2. The van der Waals surface area contributed by atoms with Gasteiger partial charge in [0.2, 0.25) is 5.91 Å². The Hall–Kier alpha value is -1.99. The van der Waals surface area contributed by atoms with Crippen LogP contribution < -0.4 is 10.6 Å². The minimum absolute atomic E-state index is 0.0951. The van der Waals surface area contributed by atoms with Crippen LogP contribution in [0, 0.1) is 6.92 Å². The molecule has 134 valence electrons. The van der Waals surface area contributed by atoms with Gasteiger partial charge >= 0.3 is 6.03 Å². The summed E-state index contributed by atoms with van der Waals surface area (Å²) in [7, 11) is 0. The Morgan fingerprint density at radius 2 is 2.16 bits per heavy atom. The quantitative estimate of drug-likeness (QED) is 0.569. The number of hydrogen-bond donors (Lipinski definition) is 2. The van der Waals surface area contributed by atoms with E-state index < -0.39 is 6.03 Å². The SMILES string of the molecule is CCCCNC(=O)NC(=O)CSc1nccn1-c1cccc(Cl)c1C. The fraction of sp³-hybridized carbons (Fsp3) is 0.353. The van der Waals surface area contributed by atoms with Crippen LogP contribution in [0.5, 0.6) is 0 Å². The van der Waals surface area contributed by atoms with Gasteiger partial charge in [-0.25, -0.2) is 9.78 Å². The second-order valence-corrected chi connectivity index (χ2v) is 6.76. The third-order valence-electron chi connectivity index (χ3n) is 3.51. The Morgan fingerprint density at radius 3 is 2.92 bits per heavy atom. The van der Waals surface area contributed by atoms with Crippen molar-refractivity contribution in [1.29, 1.82) is 0 Å². The molecule has 2 N–H and O–H groups in total. The predicted octanol–water partition coefficient (Wildman–Crippen LogP) is 3.55. The van der Waals surface area contributed by atoms with Crippen molar-refractivity contribution in [3.63, 3.8) is 0 Å². The first-order valence-electron chi connectivity index (χ1n) is 8.02. The van der Waals surface area contributed by atoms with Crippen LogP contribution in [0.15, 0.2) is 35.7 Å². The molecule has 25 heavy (non-hydrogen) atoms. The van der Waals surface area contributed by atoms with Gasteiger partial charge in [0.15, 0.2) is 5.16 Å². The normalized spacial score (nSPS) is 10.5. The fourth-order valence-corrected chi connectivity index (χ4v) is 3.09. The number of aromatic nitrogens is 2. The van der Waals surface area contributed by atoms with E-state index in [2.05, 4.69) is 15.6 Å². The Bertz CT molecular complexity index is 748. The minimum atomic E-state index is -0.465. The summed E-state index contributed by atoms with van der Waals surface area (Å²) in [5, 5.41) is 6.29. The number of amides is 3. The van der Waals surface area contributed by atoms with E-state index in [-0.39, 0.29) is 11.7 Å². The lowest BCUT2D eigenvalue weighted by molar-refractivity contribution is -0.117. The highest BCUT2D eigenvalue weighted by atomic mass is 35.5. The van der Waals surface area contributed by atoms with Crippen molar-refractivity contribution >= 4 is 35.3 Å². The Kier molecular flexibility index (Phi) is 7.33. The molecule has 0 aliphatic rings. The predicted molar refractivity (Wildman–Crippen MR) is 100 cm³/mol. The van der Waals surface area contributed by atoms with Crippen molar-refractivity contribution in [3.8, 4) is 5.69 Å². The van der Waals surface area contributed by atoms with Crippen LogP contribution in [0.1, 0.15) is 25.3 Å². The zero-order valence-corrected chi connectivity index (χ0v) is 15.8. The van der Waals surface area contributed by atoms with E-state index in [0.717, 1.165) is 24.1 Å². The Morgan fingerprint density at radius 1 is 1.36 bits per heavy atom. The maximum Gasteiger partial charge on any atom is 0.321 e. The van der Waals surface area contributed by atoms with E-state index in [4.69, 9.17) is 11.6 Å². The molecule has 6 nitrogen and oxygen atoms in total. The number of rotatable bonds is 7. The summed E-state index contributed by atoms with van der Waals surface area (Å²) < 4.78 is 1.88. The molecule has 2 aromatic rings. The van der Waals surface area contributed by atoms with Crippen molar-refractivity contribution in [2.45, 2.75) is 31.8 Å². The standard InChI is InChI=1S/C17H21ClN4O2S/c1-3-4-8-19-16(24)21-15(23)11-25-17-20-9-10-22(17)14-7-5-6-13(18)12(14)2/h5-7,9-10H,3-4,8,11H2,1-2H3,(H2,19,21,23,24). The van der Waals surface area contributed by atoms with Crippen LogP contribution in [0.3, 0.4) is 0 Å². The molecule has 0 unspecified atom stereocenters. The average Bonchev–Trinajstić information content (AvgIpc) is 3.04. The molecule has 0 aliphatic heterocycles. The van der Waals surface area contributed by atoms with Crippen molar-refractivity contribution in [2.24, 2.45) is 0 Å². The Balaban J connectivity index is 1.94. The number of halogens is 1. The molecular weight excluding hydrogens is 360 g/mol. The van der Waals surface area contributed by atoms with Gasteiger partial charge < -0.3 is 5.32 Å². The molecule has 0 aliphatic carbocycles. The van der Waals surface area contributed by atoms with Crippen LogP contribution in [0.25, 0.3) is 5.69 Å². The Labute approximate surface area is 156 Å². The molecule has 1 aromatic carbocycles. The molecular formula is C17H21ClN4O2S. The number of hydrogen-bond acceptors (Lipinski definition) is 4. The lowest BCUT2D eigenvalue weighted by atomic mass is 10.2. The second kappa shape index (κ2) is 9.48. The average molecular weight is 381 g/mol. The molecule has 1 aromatic heterocycles. The zero-order valence-electron chi connectivity index (χ0n) is 14.2. The molecule has 8 heteroatoms. The summed E-state index contributed by atoms with van der Waals surface area (Å²) in [4.78, 5) is 27.7. The van der Waals surface area contributed by atoms with Crippen molar-refractivity contribution in [3.05, 3.63) is 41.2 Å². The van der Waals surface area contributed by atoms with Crippen LogP contribution in [0.2, 0.25) is 5.02 Å². The zero-order chi connectivity index (χ0) is 18.2. The van der Waals surface area contributed by atoms with Gasteiger partial charge in [-0.3, -0.25) is 14.7 Å². The van der Waals surface area contributed by atoms with Gasteiger partial charge in [-0.15, -0.1) is 0 Å². The topological polar surface area (TPSA) is 76.0 Å². The van der Waals surface area contributed by atoms with Gasteiger partial charge in [-0.2, -0.15) is 0 Å². The van der Waals surface area contributed by atoms with Crippen molar-refractivity contribution in [1.82, 2.24) is 20.2 Å². The van der Waals surface area contributed by atoms with Crippen LogP contribution in [-0.2, 0) is 4.79 Å². The number of imidazole rings is 1. The van der Waals surface area contributed by atoms with Gasteiger partial charge in [0, 0.05) is 24.0 Å². The maximum atomic E-state index is 11.9. The van der Waals surface area contributed by atoms with E-state index in [0.29, 0.717) is 16.7 Å². The molecule has 0 atom stereocenters. The van der Waals surface area contributed by atoms with Crippen LogP contribution in [-0.4, -0.2) is 33.8 Å². The van der Waals surface area contributed by atoms with Crippen LogP contribution in [0.4, 0.5) is 4.79 Å². The molecule has 0 bridgehead atoms. The highest BCUT2D eigenvalue weighted by Crippen LogP contribution is 2.26. The van der Waals surface area contributed by atoms with Gasteiger partial charge in [0.05, 0.1) is 11.4 Å². The largest absolute Gasteiger partial charge is 0.338 e. The van der Waals surface area contributed by atoms with E-state index in [9.17, 15) is 9.59 Å². The highest BCUT2D eigenvalue weighted by molar-refractivity contribution is 7.99. The van der Waals surface area contributed by atoms with Crippen molar-refractivity contribution < 1.29 is 9.59 Å². The number of carbonyl (C=O) groups is 2. The molecule has 2 rings (SSSR count). The summed E-state index contributed by atoms with van der Waals surface area (Å²) in [6, 6.07) is 5.17. The molecule has 0 saturated heterocycles. The lowest BCUT2D eigenvalue weighted by Crippen LogP contribution is -2.40. The number of unbranched alkanes of at least 4 members (excludes halogenated alkanes) is 1. The van der Waals surface area contributed by atoms with Crippen LogP contribution >= 0.6 is 23.4 Å². The number of imide groups is 1. The van der Waals surface area contributed by atoms with E-state index >= 15 is 0 Å². The molecule has 1 heterocycles. The first-order chi connectivity index (χ1) is 12.0. The molecule has 0 saturated carbocycles. The minimum Gasteiger partial charge on any atom is -0.338 e. The number of nitrogens with zero attached hydrogens (tertiary/aromatic N) is 2. The lowest BCUT2D eigenvalue weighted by Gasteiger charge is -2.11. The summed E-state index contributed by atoms with van der Waals surface area (Å²) in [6.45, 7) is 4.52. The fourth-order valence-electron chi connectivity index (χ4n) is 2.15. The molecule has 0 fully saturated rings. The molecule has 3 amide bonds.